The number of hydrogen-bond acceptors (Lipinski definition) is 6. The summed E-state index contributed by atoms with van der Waals surface area (Å²) in [6, 6.07) is 10.9. The summed E-state index contributed by atoms with van der Waals surface area (Å²) in [5, 5.41) is 3.40. The molecule has 0 radical (unpaired) electrons. The lowest BCUT2D eigenvalue weighted by molar-refractivity contribution is 0.102. The van der Waals surface area contributed by atoms with Crippen molar-refractivity contribution in [2.45, 2.75) is 13.8 Å². The van der Waals surface area contributed by atoms with E-state index in [1.165, 1.54) is 18.4 Å². The zero-order chi connectivity index (χ0) is 20.3. The smallest absolute Gasteiger partial charge is 0.257 e. The Hall–Kier alpha value is -3.06. The summed E-state index contributed by atoms with van der Waals surface area (Å²) in [6.45, 7) is 3.97. The fraction of sp³-hybridized carbons (Fsp3) is 0.238. The Morgan fingerprint density at radius 1 is 0.929 bits per heavy atom. The molecule has 1 heterocycles. The van der Waals surface area contributed by atoms with Crippen molar-refractivity contribution in [3.8, 4) is 28.5 Å². The summed E-state index contributed by atoms with van der Waals surface area (Å²) >= 11 is 1.44. The van der Waals surface area contributed by atoms with Crippen molar-refractivity contribution in [1.29, 1.82) is 0 Å². The fourth-order valence-corrected chi connectivity index (χ4v) is 3.72. The number of carbonyl (C=O) groups is 1. The summed E-state index contributed by atoms with van der Waals surface area (Å²) in [5.74, 6) is 1.65. The number of carbonyl (C=O) groups excluding carboxylic acids is 1. The molecule has 0 saturated heterocycles. The highest BCUT2D eigenvalue weighted by atomic mass is 32.1. The van der Waals surface area contributed by atoms with Crippen LogP contribution in [0.3, 0.4) is 0 Å². The van der Waals surface area contributed by atoms with Crippen molar-refractivity contribution in [3.05, 3.63) is 52.4 Å². The van der Waals surface area contributed by atoms with Crippen molar-refractivity contribution in [2.75, 3.05) is 26.6 Å². The highest BCUT2D eigenvalue weighted by molar-refractivity contribution is 7.16. The van der Waals surface area contributed by atoms with Crippen molar-refractivity contribution in [1.82, 2.24) is 4.98 Å². The molecule has 3 rings (SSSR count). The molecule has 0 atom stereocenters. The number of amides is 1. The van der Waals surface area contributed by atoms with Crippen LogP contribution in [-0.4, -0.2) is 32.2 Å². The van der Waals surface area contributed by atoms with Gasteiger partial charge in [0.1, 0.15) is 5.75 Å². The lowest BCUT2D eigenvalue weighted by atomic mass is 10.1. The lowest BCUT2D eigenvalue weighted by Gasteiger charge is -2.09. The van der Waals surface area contributed by atoms with E-state index in [9.17, 15) is 4.79 Å². The van der Waals surface area contributed by atoms with Crippen LogP contribution >= 0.6 is 11.3 Å². The van der Waals surface area contributed by atoms with E-state index in [-0.39, 0.29) is 5.91 Å². The van der Waals surface area contributed by atoms with Crippen LogP contribution in [0.2, 0.25) is 0 Å². The molecule has 0 fully saturated rings. The van der Waals surface area contributed by atoms with Crippen molar-refractivity contribution in [3.63, 3.8) is 0 Å². The molecule has 1 aromatic heterocycles. The van der Waals surface area contributed by atoms with E-state index >= 15 is 0 Å². The van der Waals surface area contributed by atoms with Crippen LogP contribution in [0.25, 0.3) is 11.3 Å². The van der Waals surface area contributed by atoms with Gasteiger partial charge in [-0.15, -0.1) is 11.3 Å². The maximum absolute atomic E-state index is 12.6. The van der Waals surface area contributed by atoms with Crippen molar-refractivity contribution in [2.24, 2.45) is 0 Å². The van der Waals surface area contributed by atoms with Crippen LogP contribution in [0.4, 0.5) is 5.13 Å². The summed E-state index contributed by atoms with van der Waals surface area (Å²) in [6.07, 6.45) is 0. The molecular weight excluding hydrogens is 376 g/mol. The molecule has 6 nitrogen and oxygen atoms in total. The van der Waals surface area contributed by atoms with Gasteiger partial charge in [-0.1, -0.05) is 0 Å². The first-order valence-corrected chi connectivity index (χ1v) is 9.44. The number of nitrogens with one attached hydrogen (secondary N) is 1. The normalized spacial score (nSPS) is 10.5. The standard InChI is InChI=1S/C21H22N2O4S/c1-12-10-14(6-8-16(12)25-3)19-13(2)28-21(22-19)23-20(24)15-7-9-17(26-4)18(11-15)27-5/h6-11H,1-5H3,(H,22,23,24). The van der Waals surface area contributed by atoms with Crippen LogP contribution in [0.1, 0.15) is 20.8 Å². The zero-order valence-electron chi connectivity index (χ0n) is 16.5. The molecule has 1 N–H and O–H groups in total. The first-order valence-electron chi connectivity index (χ1n) is 8.62. The number of methoxy groups -OCH3 is 3. The monoisotopic (exact) mass is 398 g/mol. The van der Waals surface area contributed by atoms with Gasteiger partial charge in [-0.3, -0.25) is 10.1 Å². The molecule has 146 valence electrons. The number of aromatic nitrogens is 1. The highest BCUT2D eigenvalue weighted by Crippen LogP contribution is 2.33. The van der Waals surface area contributed by atoms with Gasteiger partial charge in [0.2, 0.25) is 0 Å². The third-order valence-electron chi connectivity index (χ3n) is 4.33. The van der Waals surface area contributed by atoms with E-state index in [0.29, 0.717) is 22.2 Å². The summed E-state index contributed by atoms with van der Waals surface area (Å²) < 4.78 is 15.8. The van der Waals surface area contributed by atoms with Gasteiger partial charge in [-0.25, -0.2) is 4.98 Å². The Bertz CT molecular complexity index is 1010. The van der Waals surface area contributed by atoms with Gasteiger partial charge >= 0.3 is 0 Å². The number of anilines is 1. The van der Waals surface area contributed by atoms with E-state index < -0.39 is 0 Å². The molecule has 0 aliphatic rings. The molecule has 28 heavy (non-hydrogen) atoms. The maximum Gasteiger partial charge on any atom is 0.257 e. The zero-order valence-corrected chi connectivity index (χ0v) is 17.3. The molecule has 7 heteroatoms. The second kappa shape index (κ2) is 8.31. The molecule has 2 aromatic carbocycles. The minimum atomic E-state index is -0.257. The van der Waals surface area contributed by atoms with Gasteiger partial charge in [0.05, 0.1) is 27.0 Å². The third-order valence-corrected chi connectivity index (χ3v) is 5.22. The Morgan fingerprint density at radius 2 is 1.61 bits per heavy atom. The SMILES string of the molecule is COc1ccc(-c2nc(NC(=O)c3ccc(OC)c(OC)c3)sc2C)cc1C. The van der Waals surface area contributed by atoms with E-state index in [1.807, 2.05) is 32.0 Å². The molecule has 0 aliphatic heterocycles. The minimum Gasteiger partial charge on any atom is -0.496 e. The van der Waals surface area contributed by atoms with Gasteiger partial charge in [-0.05, 0) is 55.8 Å². The van der Waals surface area contributed by atoms with Gasteiger partial charge in [-0.2, -0.15) is 0 Å². The first-order chi connectivity index (χ1) is 13.5. The summed E-state index contributed by atoms with van der Waals surface area (Å²) in [7, 11) is 4.74. The predicted molar refractivity (Wildman–Crippen MR) is 111 cm³/mol. The Morgan fingerprint density at radius 3 is 2.25 bits per heavy atom. The number of rotatable bonds is 6. The summed E-state index contributed by atoms with van der Waals surface area (Å²) in [5.41, 5.74) is 3.33. The predicted octanol–water partition coefficient (Wildman–Crippen LogP) is 4.71. The fourth-order valence-electron chi connectivity index (χ4n) is 2.89. The van der Waals surface area contributed by atoms with Crippen LogP contribution in [0.15, 0.2) is 36.4 Å². The quantitative estimate of drug-likeness (QED) is 0.651. The molecular formula is C21H22N2O4S. The maximum atomic E-state index is 12.6. The largest absolute Gasteiger partial charge is 0.496 e. The van der Waals surface area contributed by atoms with Crippen molar-refractivity contribution >= 4 is 22.4 Å². The molecule has 0 saturated carbocycles. The Labute approximate surface area is 168 Å². The van der Waals surface area contributed by atoms with Gasteiger partial charge in [0, 0.05) is 16.0 Å². The highest BCUT2D eigenvalue weighted by Gasteiger charge is 2.15. The molecule has 0 unspecified atom stereocenters. The number of nitrogens with zero attached hydrogens (tertiary/aromatic N) is 1. The molecule has 0 bridgehead atoms. The minimum absolute atomic E-state index is 0.257. The van der Waals surface area contributed by atoms with Crippen LogP contribution in [-0.2, 0) is 0 Å². The van der Waals surface area contributed by atoms with Gasteiger partial charge in [0.15, 0.2) is 16.6 Å². The Kier molecular flexibility index (Phi) is 5.84. The summed E-state index contributed by atoms with van der Waals surface area (Å²) in [4.78, 5) is 18.2. The van der Waals surface area contributed by atoms with E-state index in [4.69, 9.17) is 14.2 Å². The number of benzene rings is 2. The first kappa shape index (κ1) is 19.7. The van der Waals surface area contributed by atoms with Crippen LogP contribution < -0.4 is 19.5 Å². The molecule has 0 aliphatic carbocycles. The number of thiazole rings is 1. The van der Waals surface area contributed by atoms with Crippen molar-refractivity contribution < 1.29 is 19.0 Å². The molecule has 0 spiro atoms. The van der Waals surface area contributed by atoms with Crippen LogP contribution in [0, 0.1) is 13.8 Å². The molecule has 3 aromatic rings. The average Bonchev–Trinajstić information content (AvgIpc) is 3.07. The second-order valence-corrected chi connectivity index (χ2v) is 7.34. The van der Waals surface area contributed by atoms with E-state index in [1.54, 1.807) is 32.4 Å². The second-order valence-electron chi connectivity index (χ2n) is 6.13. The van der Waals surface area contributed by atoms with E-state index in [0.717, 1.165) is 27.4 Å². The van der Waals surface area contributed by atoms with Gasteiger partial charge in [0.25, 0.3) is 5.91 Å². The van der Waals surface area contributed by atoms with Crippen LogP contribution in [0.5, 0.6) is 17.2 Å². The lowest BCUT2D eigenvalue weighted by Crippen LogP contribution is -2.12. The average molecular weight is 398 g/mol. The number of hydrogen-bond donors (Lipinski definition) is 1. The third kappa shape index (κ3) is 3.94. The molecule has 1 amide bonds. The Balaban J connectivity index is 1.83. The van der Waals surface area contributed by atoms with Gasteiger partial charge < -0.3 is 14.2 Å². The number of ether oxygens (including phenoxy) is 3. The van der Waals surface area contributed by atoms with E-state index in [2.05, 4.69) is 10.3 Å². The number of aryl methyl sites for hydroxylation is 2. The topological polar surface area (TPSA) is 69.7 Å².